The molecule has 3 rings (SSSR count). The molecule has 0 atom stereocenters. The number of aryl methyl sites for hydroxylation is 1. The molecule has 0 unspecified atom stereocenters. The summed E-state index contributed by atoms with van der Waals surface area (Å²) in [5.74, 6) is -0.186. The largest absolute Gasteiger partial charge is 0.355 e. The Balaban J connectivity index is 1.74. The van der Waals surface area contributed by atoms with Crippen LogP contribution in [-0.2, 0) is 6.54 Å². The SMILES string of the molecule is CNC(=O)c1ccc(CN(C)C(=O)c2cc3ccc(C)cc3[nH]2)cc1. The molecule has 1 heterocycles. The number of aromatic nitrogens is 1. The average molecular weight is 335 g/mol. The molecule has 0 fully saturated rings. The summed E-state index contributed by atoms with van der Waals surface area (Å²) in [5, 5.41) is 3.62. The van der Waals surface area contributed by atoms with Gasteiger partial charge in [0.05, 0.1) is 0 Å². The van der Waals surface area contributed by atoms with Gasteiger partial charge < -0.3 is 15.2 Å². The summed E-state index contributed by atoms with van der Waals surface area (Å²) < 4.78 is 0. The van der Waals surface area contributed by atoms with E-state index >= 15 is 0 Å². The number of carbonyl (C=O) groups excluding carboxylic acids is 2. The van der Waals surface area contributed by atoms with Crippen molar-refractivity contribution < 1.29 is 9.59 Å². The molecule has 2 N–H and O–H groups in total. The third-order valence-corrected chi connectivity index (χ3v) is 4.22. The minimum Gasteiger partial charge on any atom is -0.355 e. The third kappa shape index (κ3) is 3.55. The van der Waals surface area contributed by atoms with Crippen LogP contribution in [0, 0.1) is 6.92 Å². The van der Waals surface area contributed by atoms with E-state index in [1.54, 1.807) is 31.1 Å². The van der Waals surface area contributed by atoms with Crippen LogP contribution in [0.25, 0.3) is 10.9 Å². The van der Waals surface area contributed by atoms with Crippen molar-refractivity contribution in [3.05, 3.63) is 70.9 Å². The zero-order valence-corrected chi connectivity index (χ0v) is 14.6. The maximum absolute atomic E-state index is 12.7. The summed E-state index contributed by atoms with van der Waals surface area (Å²) in [6.45, 7) is 2.50. The lowest BCUT2D eigenvalue weighted by Crippen LogP contribution is -2.26. The Hall–Kier alpha value is -3.08. The molecule has 0 aliphatic rings. The van der Waals surface area contributed by atoms with Crippen molar-refractivity contribution in [2.45, 2.75) is 13.5 Å². The van der Waals surface area contributed by atoms with Crippen molar-refractivity contribution in [3.63, 3.8) is 0 Å². The maximum Gasteiger partial charge on any atom is 0.270 e. The highest BCUT2D eigenvalue weighted by atomic mass is 16.2. The summed E-state index contributed by atoms with van der Waals surface area (Å²) in [7, 11) is 3.37. The first-order chi connectivity index (χ1) is 12.0. The molecule has 2 amide bonds. The number of benzene rings is 2. The molecule has 0 aliphatic carbocycles. The molecule has 5 heteroatoms. The van der Waals surface area contributed by atoms with Crippen LogP contribution in [0.5, 0.6) is 0 Å². The van der Waals surface area contributed by atoms with Gasteiger partial charge in [-0.2, -0.15) is 0 Å². The van der Waals surface area contributed by atoms with Crippen LogP contribution in [0.3, 0.4) is 0 Å². The van der Waals surface area contributed by atoms with Crippen molar-refractivity contribution in [2.75, 3.05) is 14.1 Å². The number of H-pyrrole nitrogens is 1. The Labute approximate surface area is 146 Å². The van der Waals surface area contributed by atoms with Gasteiger partial charge in [0, 0.05) is 37.1 Å². The second-order valence-corrected chi connectivity index (χ2v) is 6.21. The normalized spacial score (nSPS) is 10.7. The molecule has 0 saturated carbocycles. The smallest absolute Gasteiger partial charge is 0.270 e. The molecular formula is C20H21N3O2. The van der Waals surface area contributed by atoms with Crippen LogP contribution in [0.15, 0.2) is 48.5 Å². The van der Waals surface area contributed by atoms with E-state index in [-0.39, 0.29) is 11.8 Å². The quantitative estimate of drug-likeness (QED) is 0.769. The minimum atomic E-state index is -0.121. The Bertz CT molecular complexity index is 926. The topological polar surface area (TPSA) is 65.2 Å². The molecule has 0 bridgehead atoms. The van der Waals surface area contributed by atoms with E-state index in [0.717, 1.165) is 22.0 Å². The van der Waals surface area contributed by atoms with Crippen molar-refractivity contribution in [2.24, 2.45) is 0 Å². The van der Waals surface area contributed by atoms with E-state index in [0.29, 0.717) is 17.8 Å². The van der Waals surface area contributed by atoms with E-state index < -0.39 is 0 Å². The molecule has 5 nitrogen and oxygen atoms in total. The molecule has 3 aromatic rings. The summed E-state index contributed by atoms with van der Waals surface area (Å²) in [6, 6.07) is 15.2. The predicted octanol–water partition coefficient (Wildman–Crippen LogP) is 3.11. The predicted molar refractivity (Wildman–Crippen MR) is 98.7 cm³/mol. The minimum absolute atomic E-state index is 0.0655. The van der Waals surface area contributed by atoms with Gasteiger partial charge in [0.15, 0.2) is 0 Å². The van der Waals surface area contributed by atoms with E-state index in [2.05, 4.69) is 10.3 Å². The fourth-order valence-electron chi connectivity index (χ4n) is 2.81. The van der Waals surface area contributed by atoms with E-state index in [9.17, 15) is 9.59 Å². The molecule has 0 saturated heterocycles. The molecule has 0 spiro atoms. The molecule has 0 aliphatic heterocycles. The van der Waals surface area contributed by atoms with Gasteiger partial charge in [-0.05, 0) is 42.3 Å². The fraction of sp³-hybridized carbons (Fsp3) is 0.200. The van der Waals surface area contributed by atoms with Gasteiger partial charge >= 0.3 is 0 Å². The highest BCUT2D eigenvalue weighted by Crippen LogP contribution is 2.18. The summed E-state index contributed by atoms with van der Waals surface area (Å²) in [4.78, 5) is 29.1. The second-order valence-electron chi connectivity index (χ2n) is 6.21. The van der Waals surface area contributed by atoms with Crippen molar-refractivity contribution in [1.29, 1.82) is 0 Å². The first kappa shape index (κ1) is 16.8. The van der Waals surface area contributed by atoms with Crippen LogP contribution in [0.1, 0.15) is 32.0 Å². The lowest BCUT2D eigenvalue weighted by Gasteiger charge is -2.16. The van der Waals surface area contributed by atoms with Gasteiger partial charge in [-0.3, -0.25) is 9.59 Å². The Kier molecular flexibility index (Phi) is 4.57. The average Bonchev–Trinajstić information content (AvgIpc) is 3.04. The molecule has 128 valence electrons. The van der Waals surface area contributed by atoms with Crippen LogP contribution in [-0.4, -0.2) is 35.8 Å². The lowest BCUT2D eigenvalue weighted by molar-refractivity contribution is 0.0780. The first-order valence-electron chi connectivity index (χ1n) is 8.14. The zero-order valence-electron chi connectivity index (χ0n) is 14.6. The molecule has 2 aromatic carbocycles. The number of nitrogens with one attached hydrogen (secondary N) is 2. The third-order valence-electron chi connectivity index (χ3n) is 4.22. The summed E-state index contributed by atoms with van der Waals surface area (Å²) in [6.07, 6.45) is 0. The number of nitrogens with zero attached hydrogens (tertiary/aromatic N) is 1. The maximum atomic E-state index is 12.7. The summed E-state index contributed by atoms with van der Waals surface area (Å²) in [5.41, 5.74) is 4.26. The van der Waals surface area contributed by atoms with Crippen LogP contribution >= 0.6 is 0 Å². The number of aromatic amines is 1. The van der Waals surface area contributed by atoms with Gasteiger partial charge in [-0.1, -0.05) is 24.3 Å². The van der Waals surface area contributed by atoms with Gasteiger partial charge in [0.2, 0.25) is 0 Å². The van der Waals surface area contributed by atoms with Crippen LogP contribution < -0.4 is 5.32 Å². The van der Waals surface area contributed by atoms with Gasteiger partial charge in [-0.25, -0.2) is 0 Å². The number of hydrogen-bond donors (Lipinski definition) is 2. The molecule has 25 heavy (non-hydrogen) atoms. The zero-order chi connectivity index (χ0) is 18.0. The number of rotatable bonds is 4. The number of fused-ring (bicyclic) bond motifs is 1. The molecule has 0 radical (unpaired) electrons. The Morgan fingerprint density at radius 2 is 1.80 bits per heavy atom. The second kappa shape index (κ2) is 6.81. The van der Waals surface area contributed by atoms with Gasteiger partial charge in [0.25, 0.3) is 11.8 Å². The van der Waals surface area contributed by atoms with Gasteiger partial charge in [-0.15, -0.1) is 0 Å². The molecule has 1 aromatic heterocycles. The van der Waals surface area contributed by atoms with E-state index in [1.807, 2.05) is 43.3 Å². The first-order valence-corrected chi connectivity index (χ1v) is 8.14. The number of carbonyl (C=O) groups is 2. The van der Waals surface area contributed by atoms with Crippen LogP contribution in [0.4, 0.5) is 0 Å². The van der Waals surface area contributed by atoms with Crippen molar-refractivity contribution >= 4 is 22.7 Å². The summed E-state index contributed by atoms with van der Waals surface area (Å²) >= 11 is 0. The van der Waals surface area contributed by atoms with Crippen molar-refractivity contribution in [1.82, 2.24) is 15.2 Å². The van der Waals surface area contributed by atoms with Crippen LogP contribution in [0.2, 0.25) is 0 Å². The highest BCUT2D eigenvalue weighted by molar-refractivity contribution is 5.98. The lowest BCUT2D eigenvalue weighted by atomic mass is 10.1. The molecular weight excluding hydrogens is 314 g/mol. The van der Waals surface area contributed by atoms with E-state index in [4.69, 9.17) is 0 Å². The Morgan fingerprint density at radius 3 is 2.48 bits per heavy atom. The van der Waals surface area contributed by atoms with E-state index in [1.165, 1.54) is 0 Å². The van der Waals surface area contributed by atoms with Gasteiger partial charge in [0.1, 0.15) is 5.69 Å². The number of amides is 2. The number of hydrogen-bond acceptors (Lipinski definition) is 2. The monoisotopic (exact) mass is 335 g/mol. The standard InChI is InChI=1S/C20H21N3O2/c1-13-4-7-16-11-18(22-17(16)10-13)20(25)23(3)12-14-5-8-15(9-6-14)19(24)21-2/h4-11,22H,12H2,1-3H3,(H,21,24). The van der Waals surface area contributed by atoms with Crippen molar-refractivity contribution in [3.8, 4) is 0 Å². The fourth-order valence-corrected chi connectivity index (χ4v) is 2.81. The Morgan fingerprint density at radius 1 is 1.08 bits per heavy atom. The highest BCUT2D eigenvalue weighted by Gasteiger charge is 2.15.